The molecule has 0 saturated heterocycles. The number of benzene rings is 1. The fourth-order valence-corrected chi connectivity index (χ4v) is 4.09. The zero-order valence-corrected chi connectivity index (χ0v) is 13.6. The van der Waals surface area contributed by atoms with Gasteiger partial charge in [-0.3, -0.25) is 4.68 Å². The molecule has 3 rings (SSSR count). The molecular weight excluding hydrogens is 278 g/mol. The molecule has 112 valence electrons. The highest BCUT2D eigenvalue weighted by Gasteiger charge is 2.19. The van der Waals surface area contributed by atoms with Crippen LogP contribution in [0.25, 0.3) is 0 Å². The van der Waals surface area contributed by atoms with Crippen molar-refractivity contribution in [3.63, 3.8) is 0 Å². The first-order valence-corrected chi connectivity index (χ1v) is 8.69. The topological polar surface area (TPSA) is 29.9 Å². The fraction of sp³-hybridized carbons (Fsp3) is 0.471. The van der Waals surface area contributed by atoms with E-state index in [1.165, 1.54) is 28.3 Å². The second-order valence-electron chi connectivity index (χ2n) is 5.69. The normalized spacial score (nSPS) is 17.7. The zero-order valence-electron chi connectivity index (χ0n) is 12.8. The molecule has 1 unspecified atom stereocenters. The van der Waals surface area contributed by atoms with Crippen LogP contribution in [0.15, 0.2) is 35.2 Å². The van der Waals surface area contributed by atoms with Crippen LogP contribution in [0.5, 0.6) is 0 Å². The lowest BCUT2D eigenvalue weighted by Crippen LogP contribution is -2.26. The van der Waals surface area contributed by atoms with Crippen molar-refractivity contribution >= 4 is 11.8 Å². The first kappa shape index (κ1) is 14.7. The van der Waals surface area contributed by atoms with Gasteiger partial charge < -0.3 is 5.32 Å². The average molecular weight is 301 g/mol. The maximum Gasteiger partial charge on any atom is 0.0596 e. The Morgan fingerprint density at radius 1 is 1.33 bits per heavy atom. The molecule has 2 aromatic rings. The number of aryl methyl sites for hydroxylation is 3. The van der Waals surface area contributed by atoms with Gasteiger partial charge in [0.25, 0.3) is 0 Å². The third-order valence-corrected chi connectivity index (χ3v) is 5.12. The van der Waals surface area contributed by atoms with Gasteiger partial charge in [0.15, 0.2) is 0 Å². The van der Waals surface area contributed by atoms with Crippen LogP contribution < -0.4 is 5.32 Å². The summed E-state index contributed by atoms with van der Waals surface area (Å²) in [6.07, 6.45) is 2.34. The number of aromatic nitrogens is 2. The highest BCUT2D eigenvalue weighted by Crippen LogP contribution is 2.35. The van der Waals surface area contributed by atoms with Crippen molar-refractivity contribution in [2.24, 2.45) is 0 Å². The Balaban J connectivity index is 1.51. The summed E-state index contributed by atoms with van der Waals surface area (Å²) in [5.74, 6) is 1.21. The highest BCUT2D eigenvalue weighted by atomic mass is 32.2. The van der Waals surface area contributed by atoms with Crippen molar-refractivity contribution in [1.82, 2.24) is 15.1 Å². The molecule has 3 nitrogen and oxygen atoms in total. The fourth-order valence-electron chi connectivity index (χ4n) is 2.96. The number of nitrogens with zero attached hydrogens (tertiary/aromatic N) is 2. The number of hydrogen-bond donors (Lipinski definition) is 1. The van der Waals surface area contributed by atoms with Crippen molar-refractivity contribution in [3.8, 4) is 0 Å². The maximum atomic E-state index is 4.52. The number of rotatable bonds is 5. The number of fused-ring (bicyclic) bond motifs is 1. The minimum Gasteiger partial charge on any atom is -0.310 e. The van der Waals surface area contributed by atoms with Crippen LogP contribution in [0.2, 0.25) is 0 Å². The second kappa shape index (κ2) is 6.67. The van der Waals surface area contributed by atoms with Crippen molar-refractivity contribution < 1.29 is 0 Å². The smallest absolute Gasteiger partial charge is 0.0596 e. The molecule has 2 heterocycles. The molecule has 0 aliphatic carbocycles. The molecule has 1 N–H and O–H groups in total. The lowest BCUT2D eigenvalue weighted by molar-refractivity contribution is 0.470. The molecule has 1 aliphatic heterocycles. The van der Waals surface area contributed by atoms with E-state index in [-0.39, 0.29) is 0 Å². The monoisotopic (exact) mass is 301 g/mol. The molecule has 0 amide bonds. The van der Waals surface area contributed by atoms with Gasteiger partial charge in [0.2, 0.25) is 0 Å². The second-order valence-corrected chi connectivity index (χ2v) is 6.82. The average Bonchev–Trinajstić information content (AvgIpc) is 2.82. The summed E-state index contributed by atoms with van der Waals surface area (Å²) in [5, 5.41) is 8.24. The van der Waals surface area contributed by atoms with Crippen molar-refractivity contribution in [1.29, 1.82) is 0 Å². The molecule has 4 heteroatoms. The van der Waals surface area contributed by atoms with Crippen LogP contribution >= 0.6 is 11.8 Å². The Hall–Kier alpha value is -1.26. The minimum atomic E-state index is 0.517. The summed E-state index contributed by atoms with van der Waals surface area (Å²) >= 11 is 1.98. The van der Waals surface area contributed by atoms with Crippen LogP contribution in [0.3, 0.4) is 0 Å². The van der Waals surface area contributed by atoms with Crippen LogP contribution in [-0.2, 0) is 6.54 Å². The number of thioether (sulfide) groups is 1. The number of nitrogens with one attached hydrogen (secondary N) is 1. The minimum absolute atomic E-state index is 0.517. The Morgan fingerprint density at radius 3 is 3.00 bits per heavy atom. The Kier molecular flexibility index (Phi) is 4.66. The molecule has 0 spiro atoms. The highest BCUT2D eigenvalue weighted by molar-refractivity contribution is 7.99. The van der Waals surface area contributed by atoms with E-state index >= 15 is 0 Å². The van der Waals surface area contributed by atoms with E-state index in [0.717, 1.165) is 25.2 Å². The summed E-state index contributed by atoms with van der Waals surface area (Å²) in [6, 6.07) is 11.4. The van der Waals surface area contributed by atoms with Crippen LogP contribution in [0.1, 0.15) is 35.8 Å². The predicted octanol–water partition coefficient (Wildman–Crippen LogP) is 3.72. The van der Waals surface area contributed by atoms with Gasteiger partial charge in [-0.05, 0) is 56.7 Å². The van der Waals surface area contributed by atoms with E-state index < -0.39 is 0 Å². The molecular formula is C17H23N3S. The number of hydrogen-bond acceptors (Lipinski definition) is 3. The Bertz CT molecular complexity index is 606. The van der Waals surface area contributed by atoms with Crippen molar-refractivity contribution in [2.75, 3.05) is 12.3 Å². The first-order chi connectivity index (χ1) is 10.2. The van der Waals surface area contributed by atoms with Gasteiger partial charge in [-0.1, -0.05) is 18.2 Å². The molecule has 1 atom stereocenters. The van der Waals surface area contributed by atoms with Crippen molar-refractivity contribution in [2.45, 2.75) is 44.2 Å². The molecule has 1 aromatic heterocycles. The SMILES string of the molecule is Cc1cc(C)n(CCCNC2CCSc3ccccc32)n1. The van der Waals surface area contributed by atoms with Crippen LogP contribution in [0, 0.1) is 13.8 Å². The molecule has 0 fully saturated rings. The van der Waals surface area contributed by atoms with E-state index in [2.05, 4.69) is 59.3 Å². The van der Waals surface area contributed by atoms with Crippen LogP contribution in [-0.4, -0.2) is 22.1 Å². The third-order valence-electron chi connectivity index (χ3n) is 4.00. The summed E-state index contributed by atoms with van der Waals surface area (Å²) in [5.41, 5.74) is 3.84. The predicted molar refractivity (Wildman–Crippen MR) is 88.8 cm³/mol. The summed E-state index contributed by atoms with van der Waals surface area (Å²) in [4.78, 5) is 1.44. The quantitative estimate of drug-likeness (QED) is 0.854. The van der Waals surface area contributed by atoms with Crippen molar-refractivity contribution in [3.05, 3.63) is 47.3 Å². The van der Waals surface area contributed by atoms with Gasteiger partial charge in [-0.25, -0.2) is 0 Å². The zero-order chi connectivity index (χ0) is 14.7. The lowest BCUT2D eigenvalue weighted by atomic mass is 10.0. The molecule has 0 bridgehead atoms. The van der Waals surface area contributed by atoms with Gasteiger partial charge in [0.1, 0.15) is 0 Å². The van der Waals surface area contributed by atoms with E-state index in [1.54, 1.807) is 0 Å². The van der Waals surface area contributed by atoms with E-state index in [4.69, 9.17) is 0 Å². The van der Waals surface area contributed by atoms with Gasteiger partial charge in [0, 0.05) is 23.2 Å². The maximum absolute atomic E-state index is 4.52. The van der Waals surface area contributed by atoms with Gasteiger partial charge in [-0.2, -0.15) is 5.10 Å². The molecule has 0 saturated carbocycles. The summed E-state index contributed by atoms with van der Waals surface area (Å²) in [6.45, 7) is 6.22. The third kappa shape index (κ3) is 3.50. The van der Waals surface area contributed by atoms with Crippen LogP contribution in [0.4, 0.5) is 0 Å². The van der Waals surface area contributed by atoms with Gasteiger partial charge in [-0.15, -0.1) is 11.8 Å². The largest absolute Gasteiger partial charge is 0.310 e. The lowest BCUT2D eigenvalue weighted by Gasteiger charge is -2.26. The molecule has 0 radical (unpaired) electrons. The molecule has 21 heavy (non-hydrogen) atoms. The standard InChI is InChI=1S/C17H23N3S/c1-13-12-14(2)20(19-13)10-5-9-18-16-8-11-21-17-7-4-3-6-15(16)17/h3-4,6-7,12,16,18H,5,8-11H2,1-2H3. The van der Waals surface area contributed by atoms with E-state index in [1.807, 2.05) is 11.8 Å². The van der Waals surface area contributed by atoms with Gasteiger partial charge >= 0.3 is 0 Å². The molecule has 1 aromatic carbocycles. The Morgan fingerprint density at radius 2 is 2.19 bits per heavy atom. The summed E-state index contributed by atoms with van der Waals surface area (Å²) in [7, 11) is 0. The first-order valence-electron chi connectivity index (χ1n) is 7.70. The van der Waals surface area contributed by atoms with E-state index in [9.17, 15) is 0 Å². The Labute approximate surface area is 131 Å². The van der Waals surface area contributed by atoms with Gasteiger partial charge in [0.05, 0.1) is 5.69 Å². The van der Waals surface area contributed by atoms with E-state index in [0.29, 0.717) is 6.04 Å². The molecule has 1 aliphatic rings. The summed E-state index contributed by atoms with van der Waals surface area (Å²) < 4.78 is 2.11.